The molecule has 1 heterocycles. The monoisotopic (exact) mass is 321 g/mol. The molecule has 1 amide bonds. The number of ether oxygens (including phenoxy) is 1. The minimum Gasteiger partial charge on any atom is -0.496 e. The van der Waals surface area contributed by atoms with E-state index in [0.29, 0.717) is 5.75 Å². The molecule has 1 aliphatic rings. The van der Waals surface area contributed by atoms with E-state index in [1.165, 1.54) is 24.1 Å². The number of hydrogen-bond donors (Lipinski definition) is 0. The van der Waals surface area contributed by atoms with Crippen LogP contribution in [0.15, 0.2) is 18.2 Å². The molecule has 1 aliphatic heterocycles. The van der Waals surface area contributed by atoms with Gasteiger partial charge >= 0.3 is 0 Å². The highest BCUT2D eigenvalue weighted by Gasteiger charge is 2.37. The first kappa shape index (κ1) is 15.1. The highest BCUT2D eigenvalue weighted by Crippen LogP contribution is 2.27. The maximum absolute atomic E-state index is 13.8. The summed E-state index contributed by atoms with van der Waals surface area (Å²) in [7, 11) is 2.85. The third-order valence-electron chi connectivity index (χ3n) is 3.22. The zero-order valence-electron chi connectivity index (χ0n) is 10.7. The minimum absolute atomic E-state index is 0.0395. The van der Waals surface area contributed by atoms with Crippen molar-refractivity contribution in [1.29, 1.82) is 0 Å². The zero-order chi connectivity index (χ0) is 14.9. The number of rotatable bonds is 4. The van der Waals surface area contributed by atoms with E-state index in [1.54, 1.807) is 6.07 Å². The van der Waals surface area contributed by atoms with Crippen molar-refractivity contribution in [3.8, 4) is 5.75 Å². The molecule has 0 radical (unpaired) electrons. The lowest BCUT2D eigenvalue weighted by atomic mass is 10.1. The van der Waals surface area contributed by atoms with Crippen molar-refractivity contribution >= 4 is 25.6 Å². The second-order valence-electron chi connectivity index (χ2n) is 4.50. The van der Waals surface area contributed by atoms with Crippen LogP contribution >= 0.6 is 10.7 Å². The number of methoxy groups -OCH3 is 1. The molecule has 110 valence electrons. The Labute approximate surface area is 120 Å². The largest absolute Gasteiger partial charge is 0.496 e. The Bertz CT molecular complexity index is 634. The van der Waals surface area contributed by atoms with Crippen LogP contribution in [0.1, 0.15) is 12.0 Å². The van der Waals surface area contributed by atoms with Gasteiger partial charge in [-0.25, -0.2) is 12.8 Å². The summed E-state index contributed by atoms with van der Waals surface area (Å²) in [5.41, 5.74) is 0.218. The first-order valence-corrected chi connectivity index (χ1v) is 8.22. The summed E-state index contributed by atoms with van der Waals surface area (Å²) in [6, 6.07) is 4.33. The molecule has 1 atom stereocenters. The lowest BCUT2D eigenvalue weighted by Crippen LogP contribution is -2.27. The summed E-state index contributed by atoms with van der Waals surface area (Å²) in [4.78, 5) is 13.1. The Hall–Kier alpha value is -1.34. The molecular formula is C12H13ClFNO4S. The Morgan fingerprint density at radius 3 is 2.75 bits per heavy atom. The van der Waals surface area contributed by atoms with Gasteiger partial charge in [-0.1, -0.05) is 6.07 Å². The minimum atomic E-state index is -3.80. The van der Waals surface area contributed by atoms with Crippen LogP contribution < -0.4 is 4.74 Å². The SMILES string of the molecule is COc1cccc(F)c1CN1CC(S(=O)(=O)Cl)CC1=O. The van der Waals surface area contributed by atoms with Gasteiger partial charge in [0, 0.05) is 29.2 Å². The van der Waals surface area contributed by atoms with Crippen molar-refractivity contribution in [2.75, 3.05) is 13.7 Å². The van der Waals surface area contributed by atoms with Gasteiger partial charge in [-0.2, -0.15) is 0 Å². The molecular weight excluding hydrogens is 309 g/mol. The summed E-state index contributed by atoms with van der Waals surface area (Å²) in [5, 5.41) is -0.950. The van der Waals surface area contributed by atoms with Gasteiger partial charge in [0.15, 0.2) is 0 Å². The summed E-state index contributed by atoms with van der Waals surface area (Å²) < 4.78 is 41.3. The summed E-state index contributed by atoms with van der Waals surface area (Å²) in [6.45, 7) is -0.0836. The summed E-state index contributed by atoms with van der Waals surface area (Å²) in [6.07, 6.45) is -0.178. The Balaban J connectivity index is 2.22. The quantitative estimate of drug-likeness (QED) is 0.788. The van der Waals surface area contributed by atoms with Gasteiger partial charge in [0.25, 0.3) is 0 Å². The van der Waals surface area contributed by atoms with E-state index in [1.807, 2.05) is 0 Å². The fraction of sp³-hybridized carbons (Fsp3) is 0.417. The average molecular weight is 322 g/mol. The second-order valence-corrected chi connectivity index (χ2v) is 7.40. The molecule has 0 spiro atoms. The number of hydrogen-bond acceptors (Lipinski definition) is 4. The molecule has 0 aromatic heterocycles. The lowest BCUT2D eigenvalue weighted by molar-refractivity contribution is -0.128. The molecule has 2 rings (SSSR count). The van der Waals surface area contributed by atoms with E-state index < -0.39 is 20.1 Å². The van der Waals surface area contributed by atoms with Crippen LogP contribution in [0.3, 0.4) is 0 Å². The molecule has 0 N–H and O–H groups in total. The normalized spacial score (nSPS) is 19.4. The highest BCUT2D eigenvalue weighted by atomic mass is 35.7. The van der Waals surface area contributed by atoms with E-state index >= 15 is 0 Å². The predicted molar refractivity (Wildman–Crippen MR) is 71.5 cm³/mol. The number of nitrogens with zero attached hydrogens (tertiary/aromatic N) is 1. The zero-order valence-corrected chi connectivity index (χ0v) is 12.2. The molecule has 5 nitrogen and oxygen atoms in total. The predicted octanol–water partition coefficient (Wildman–Crippen LogP) is 1.50. The lowest BCUT2D eigenvalue weighted by Gasteiger charge is -2.18. The van der Waals surface area contributed by atoms with Crippen LogP contribution in [-0.2, 0) is 20.4 Å². The number of carbonyl (C=O) groups excluding carboxylic acids is 1. The van der Waals surface area contributed by atoms with Crippen LogP contribution in [-0.4, -0.2) is 38.1 Å². The van der Waals surface area contributed by atoms with Gasteiger partial charge in [-0.3, -0.25) is 4.79 Å². The number of benzene rings is 1. The Morgan fingerprint density at radius 1 is 1.50 bits per heavy atom. The Kier molecular flexibility index (Phi) is 4.19. The standard InChI is InChI=1S/C12H13ClFNO4S/c1-19-11-4-2-3-10(14)9(11)7-15-6-8(5-12(15)16)20(13,17)18/h2-4,8H,5-7H2,1H3. The van der Waals surface area contributed by atoms with E-state index in [0.717, 1.165) is 0 Å². The van der Waals surface area contributed by atoms with E-state index in [2.05, 4.69) is 0 Å². The summed E-state index contributed by atoms with van der Waals surface area (Å²) in [5.74, 6) is -0.561. The second kappa shape index (κ2) is 5.57. The molecule has 8 heteroatoms. The van der Waals surface area contributed by atoms with Gasteiger partial charge in [-0.15, -0.1) is 0 Å². The smallest absolute Gasteiger partial charge is 0.237 e. The van der Waals surface area contributed by atoms with Crippen LogP contribution in [0.5, 0.6) is 5.75 Å². The van der Waals surface area contributed by atoms with Crippen molar-refractivity contribution in [3.63, 3.8) is 0 Å². The van der Waals surface area contributed by atoms with Crippen molar-refractivity contribution < 1.29 is 22.3 Å². The van der Waals surface area contributed by atoms with E-state index in [9.17, 15) is 17.6 Å². The fourth-order valence-corrected chi connectivity index (χ4v) is 3.21. The van der Waals surface area contributed by atoms with Crippen LogP contribution in [0.4, 0.5) is 4.39 Å². The van der Waals surface area contributed by atoms with Gasteiger partial charge in [0.2, 0.25) is 15.0 Å². The van der Waals surface area contributed by atoms with Crippen molar-refractivity contribution in [3.05, 3.63) is 29.6 Å². The molecule has 20 heavy (non-hydrogen) atoms. The molecule has 0 bridgehead atoms. The maximum Gasteiger partial charge on any atom is 0.237 e. The van der Waals surface area contributed by atoms with Crippen LogP contribution in [0.2, 0.25) is 0 Å². The third kappa shape index (κ3) is 3.04. The first-order chi connectivity index (χ1) is 9.32. The molecule has 1 saturated heterocycles. The van der Waals surface area contributed by atoms with Gasteiger partial charge in [0.1, 0.15) is 16.8 Å². The molecule has 1 aromatic carbocycles. The number of carbonyl (C=O) groups is 1. The fourth-order valence-electron chi connectivity index (χ4n) is 2.15. The van der Waals surface area contributed by atoms with E-state index in [4.69, 9.17) is 15.4 Å². The van der Waals surface area contributed by atoms with Crippen molar-refractivity contribution in [2.45, 2.75) is 18.2 Å². The topological polar surface area (TPSA) is 63.7 Å². The first-order valence-electron chi connectivity index (χ1n) is 5.85. The molecule has 0 aliphatic carbocycles. The number of halogens is 2. The van der Waals surface area contributed by atoms with Gasteiger partial charge < -0.3 is 9.64 Å². The van der Waals surface area contributed by atoms with Crippen LogP contribution in [0.25, 0.3) is 0 Å². The van der Waals surface area contributed by atoms with Gasteiger partial charge in [0.05, 0.1) is 13.7 Å². The highest BCUT2D eigenvalue weighted by molar-refractivity contribution is 8.14. The molecule has 1 aromatic rings. The van der Waals surface area contributed by atoms with Crippen LogP contribution in [0, 0.1) is 5.82 Å². The molecule has 1 unspecified atom stereocenters. The van der Waals surface area contributed by atoms with E-state index in [-0.39, 0.29) is 31.0 Å². The molecule has 1 fully saturated rings. The van der Waals surface area contributed by atoms with Gasteiger partial charge in [-0.05, 0) is 12.1 Å². The number of amides is 1. The van der Waals surface area contributed by atoms with Crippen molar-refractivity contribution in [2.24, 2.45) is 0 Å². The average Bonchev–Trinajstić information content (AvgIpc) is 2.73. The summed E-state index contributed by atoms with van der Waals surface area (Å²) >= 11 is 0. The number of likely N-dealkylation sites (tertiary alicyclic amines) is 1. The van der Waals surface area contributed by atoms with Crippen molar-refractivity contribution in [1.82, 2.24) is 4.90 Å². The molecule has 0 saturated carbocycles. The maximum atomic E-state index is 13.8. The Morgan fingerprint density at radius 2 is 2.20 bits per heavy atom. The third-order valence-corrected chi connectivity index (χ3v) is 5.09.